The number of aryl methyl sites for hydroxylation is 1. The standard InChI is InChI=1S/C16H26N6O2.HI/c1-11-19-14(21-24-11)9-18-16(17-2)20-13-7-8-22(10-13)15(23)12-5-3-4-6-12;/h12-13H,3-10H2,1-2H3,(H2,17,18,20);1H. The van der Waals surface area contributed by atoms with Crippen LogP contribution in [0.3, 0.4) is 0 Å². The summed E-state index contributed by atoms with van der Waals surface area (Å²) < 4.78 is 4.95. The molecule has 2 N–H and O–H groups in total. The number of guanidine groups is 1. The number of likely N-dealkylation sites (tertiary alicyclic amines) is 1. The molecule has 1 amide bonds. The molecular weight excluding hydrogens is 435 g/mol. The van der Waals surface area contributed by atoms with Crippen molar-refractivity contribution in [2.75, 3.05) is 20.1 Å². The Kier molecular flexibility index (Phi) is 7.45. The summed E-state index contributed by atoms with van der Waals surface area (Å²) in [6.07, 6.45) is 5.44. The number of hydrogen-bond donors (Lipinski definition) is 2. The maximum Gasteiger partial charge on any atom is 0.225 e. The fourth-order valence-electron chi connectivity index (χ4n) is 3.47. The zero-order chi connectivity index (χ0) is 16.9. The number of rotatable bonds is 4. The number of nitrogens with one attached hydrogen (secondary N) is 2. The second-order valence-electron chi connectivity index (χ2n) is 6.55. The van der Waals surface area contributed by atoms with Crippen molar-refractivity contribution in [3.8, 4) is 0 Å². The quantitative estimate of drug-likeness (QED) is 0.400. The number of hydrogen-bond acceptors (Lipinski definition) is 5. The second kappa shape index (κ2) is 9.35. The molecule has 25 heavy (non-hydrogen) atoms. The highest BCUT2D eigenvalue weighted by Crippen LogP contribution is 2.27. The Bertz CT molecular complexity index is 599. The van der Waals surface area contributed by atoms with Crippen molar-refractivity contribution in [2.45, 2.75) is 51.6 Å². The molecule has 2 heterocycles. The van der Waals surface area contributed by atoms with Crippen LogP contribution in [0.1, 0.15) is 43.8 Å². The van der Waals surface area contributed by atoms with E-state index in [9.17, 15) is 4.79 Å². The van der Waals surface area contributed by atoms with Crippen LogP contribution in [0.4, 0.5) is 0 Å². The van der Waals surface area contributed by atoms with Crippen LogP contribution in [0.25, 0.3) is 0 Å². The van der Waals surface area contributed by atoms with E-state index in [2.05, 4.69) is 25.8 Å². The first-order valence-electron chi connectivity index (χ1n) is 8.71. The van der Waals surface area contributed by atoms with Crippen LogP contribution in [-0.4, -0.2) is 53.1 Å². The average Bonchev–Trinajstić information content (AvgIpc) is 3.32. The topological polar surface area (TPSA) is 95.7 Å². The lowest BCUT2D eigenvalue weighted by Crippen LogP contribution is -2.45. The summed E-state index contributed by atoms with van der Waals surface area (Å²) in [7, 11) is 1.73. The summed E-state index contributed by atoms with van der Waals surface area (Å²) >= 11 is 0. The molecule has 3 rings (SSSR count). The summed E-state index contributed by atoms with van der Waals surface area (Å²) in [6, 6.07) is 0.230. The maximum absolute atomic E-state index is 12.5. The van der Waals surface area contributed by atoms with Gasteiger partial charge < -0.3 is 20.1 Å². The minimum absolute atomic E-state index is 0. The molecule has 8 nitrogen and oxygen atoms in total. The molecule has 1 aliphatic carbocycles. The molecule has 9 heteroatoms. The smallest absolute Gasteiger partial charge is 0.225 e. The highest BCUT2D eigenvalue weighted by Gasteiger charge is 2.32. The predicted octanol–water partition coefficient (Wildman–Crippen LogP) is 1.45. The van der Waals surface area contributed by atoms with Gasteiger partial charge in [-0.25, -0.2) is 0 Å². The fourth-order valence-corrected chi connectivity index (χ4v) is 3.47. The number of nitrogens with zero attached hydrogens (tertiary/aromatic N) is 4. The lowest BCUT2D eigenvalue weighted by atomic mass is 10.1. The monoisotopic (exact) mass is 462 g/mol. The highest BCUT2D eigenvalue weighted by molar-refractivity contribution is 14.0. The first kappa shape index (κ1) is 19.9. The Morgan fingerprint density at radius 2 is 2.12 bits per heavy atom. The number of amides is 1. The molecule has 0 radical (unpaired) electrons. The van der Waals surface area contributed by atoms with Crippen LogP contribution in [0.2, 0.25) is 0 Å². The predicted molar refractivity (Wildman–Crippen MR) is 105 cm³/mol. The van der Waals surface area contributed by atoms with E-state index in [4.69, 9.17) is 4.52 Å². The van der Waals surface area contributed by atoms with E-state index < -0.39 is 0 Å². The van der Waals surface area contributed by atoms with Gasteiger partial charge in [0.2, 0.25) is 11.8 Å². The summed E-state index contributed by atoms with van der Waals surface area (Å²) in [5.41, 5.74) is 0. The fraction of sp³-hybridized carbons (Fsp3) is 0.750. The van der Waals surface area contributed by atoms with Crippen molar-refractivity contribution in [1.82, 2.24) is 25.7 Å². The van der Waals surface area contributed by atoms with Crippen LogP contribution >= 0.6 is 24.0 Å². The van der Waals surface area contributed by atoms with Gasteiger partial charge in [0.05, 0.1) is 6.54 Å². The van der Waals surface area contributed by atoms with E-state index in [-0.39, 0.29) is 35.9 Å². The molecule has 2 aliphatic rings. The third kappa shape index (κ3) is 5.29. The lowest BCUT2D eigenvalue weighted by Gasteiger charge is -2.21. The number of aliphatic imine (C=N–C) groups is 1. The third-order valence-electron chi connectivity index (χ3n) is 4.75. The van der Waals surface area contributed by atoms with Crippen molar-refractivity contribution in [3.05, 3.63) is 11.7 Å². The van der Waals surface area contributed by atoms with Crippen LogP contribution in [0, 0.1) is 12.8 Å². The highest BCUT2D eigenvalue weighted by atomic mass is 127. The molecule has 0 bridgehead atoms. The van der Waals surface area contributed by atoms with E-state index in [0.717, 1.165) is 32.4 Å². The van der Waals surface area contributed by atoms with Crippen molar-refractivity contribution in [3.63, 3.8) is 0 Å². The minimum atomic E-state index is 0. The van der Waals surface area contributed by atoms with Gasteiger partial charge in [0.15, 0.2) is 11.8 Å². The lowest BCUT2D eigenvalue weighted by molar-refractivity contribution is -0.134. The van der Waals surface area contributed by atoms with Gasteiger partial charge in [-0.05, 0) is 19.3 Å². The molecule has 0 spiro atoms. The molecule has 140 valence electrons. The second-order valence-corrected chi connectivity index (χ2v) is 6.55. The van der Waals surface area contributed by atoms with Crippen LogP contribution < -0.4 is 10.6 Å². The van der Waals surface area contributed by atoms with E-state index in [1.807, 2.05) is 4.90 Å². The SMILES string of the molecule is CN=C(NCc1noc(C)n1)NC1CCN(C(=O)C2CCCC2)C1.I. The first-order chi connectivity index (χ1) is 11.7. The van der Waals surface area contributed by atoms with Gasteiger partial charge in [-0.15, -0.1) is 24.0 Å². The molecule has 1 saturated carbocycles. The van der Waals surface area contributed by atoms with Gasteiger partial charge in [0, 0.05) is 39.0 Å². The Morgan fingerprint density at radius 3 is 2.76 bits per heavy atom. The number of halogens is 1. The summed E-state index contributed by atoms with van der Waals surface area (Å²) in [5.74, 6) is 2.42. The summed E-state index contributed by atoms with van der Waals surface area (Å²) in [6.45, 7) is 3.79. The van der Waals surface area contributed by atoms with Crippen LogP contribution in [0.15, 0.2) is 9.52 Å². The Hall–Kier alpha value is -1.39. The zero-order valence-electron chi connectivity index (χ0n) is 14.8. The van der Waals surface area contributed by atoms with E-state index in [1.165, 1.54) is 12.8 Å². The third-order valence-corrected chi connectivity index (χ3v) is 4.75. The zero-order valence-corrected chi connectivity index (χ0v) is 17.2. The number of carbonyl (C=O) groups excluding carboxylic acids is 1. The molecule has 1 atom stereocenters. The Morgan fingerprint density at radius 1 is 1.36 bits per heavy atom. The number of carbonyl (C=O) groups is 1. The van der Waals surface area contributed by atoms with Crippen molar-refractivity contribution in [2.24, 2.45) is 10.9 Å². The molecule has 1 saturated heterocycles. The van der Waals surface area contributed by atoms with Crippen LogP contribution in [0.5, 0.6) is 0 Å². The molecule has 1 unspecified atom stereocenters. The molecule has 1 aliphatic heterocycles. The van der Waals surface area contributed by atoms with E-state index in [0.29, 0.717) is 30.1 Å². The van der Waals surface area contributed by atoms with Crippen LogP contribution in [-0.2, 0) is 11.3 Å². The minimum Gasteiger partial charge on any atom is -0.352 e. The molecular formula is C16H27IN6O2. The van der Waals surface area contributed by atoms with Crippen molar-refractivity contribution >= 4 is 35.8 Å². The number of aromatic nitrogens is 2. The van der Waals surface area contributed by atoms with Gasteiger partial charge in [-0.3, -0.25) is 9.79 Å². The molecule has 2 fully saturated rings. The van der Waals surface area contributed by atoms with E-state index in [1.54, 1.807) is 14.0 Å². The van der Waals surface area contributed by atoms with Gasteiger partial charge in [-0.1, -0.05) is 18.0 Å². The Balaban J connectivity index is 0.00000225. The van der Waals surface area contributed by atoms with Gasteiger partial charge in [0.25, 0.3) is 0 Å². The van der Waals surface area contributed by atoms with E-state index >= 15 is 0 Å². The normalized spacial score (nSPS) is 21.3. The largest absolute Gasteiger partial charge is 0.352 e. The van der Waals surface area contributed by atoms with Crippen molar-refractivity contribution in [1.29, 1.82) is 0 Å². The summed E-state index contributed by atoms with van der Waals surface area (Å²) in [4.78, 5) is 22.9. The van der Waals surface area contributed by atoms with Gasteiger partial charge in [0.1, 0.15) is 0 Å². The molecule has 0 aromatic carbocycles. The van der Waals surface area contributed by atoms with Gasteiger partial charge >= 0.3 is 0 Å². The Labute approximate surface area is 165 Å². The average molecular weight is 462 g/mol. The first-order valence-corrected chi connectivity index (χ1v) is 8.71. The molecule has 1 aromatic heterocycles. The summed E-state index contributed by atoms with van der Waals surface area (Å²) in [5, 5.41) is 10.4. The maximum atomic E-state index is 12.5. The van der Waals surface area contributed by atoms with Gasteiger partial charge in [-0.2, -0.15) is 4.98 Å². The molecule has 1 aromatic rings. The van der Waals surface area contributed by atoms with Crippen molar-refractivity contribution < 1.29 is 9.32 Å².